The molecule has 0 heterocycles. The van der Waals surface area contributed by atoms with Crippen molar-refractivity contribution in [3.05, 3.63) is 280 Å². The number of ether oxygens (including phenoxy) is 10. The number of nitrogens with zero attached hydrogens (tertiary/aromatic N) is 2. The molecule has 0 aliphatic heterocycles. The SMILES string of the molecule is C=CC(=O)OCC(COC(=O)C=C)(COC(=O)C=C)COC(=O)NC1CCC(C)(CNC(=O)OC(COC(=O)C=C)(COC(=O)C=C)COC(=O)C=C)C(C)(C)C1.C=CC(=O)OCCCc1ccc(N(c2ccc(C)cc2)c2ccc(C)cc2)cc1.C=CC(=O)OCCCc1ccccc1N(c1ccc(C)cc1)c1ccc(C)cc1. The number of anilines is 6. The zero-order valence-corrected chi connectivity index (χ0v) is 66.8. The van der Waals surface area contributed by atoms with E-state index in [-0.39, 0.29) is 18.5 Å². The van der Waals surface area contributed by atoms with Crippen LogP contribution in [0.15, 0.2) is 247 Å². The average molecular weight is 1580 g/mol. The minimum absolute atomic E-state index is 0.0518. The Labute approximate surface area is 674 Å². The van der Waals surface area contributed by atoms with E-state index >= 15 is 0 Å². The van der Waals surface area contributed by atoms with Gasteiger partial charge in [-0.1, -0.05) is 175 Å². The molecule has 2 atom stereocenters. The molecule has 2 amide bonds. The maximum Gasteiger partial charge on any atom is 0.408 e. The number of aryl methyl sites for hydroxylation is 6. The zero-order chi connectivity index (χ0) is 84.6. The predicted molar refractivity (Wildman–Crippen MR) is 441 cm³/mol. The van der Waals surface area contributed by atoms with Gasteiger partial charge < -0.3 is 67.8 Å². The number of nitrogens with one attached hydrogen (secondary N) is 2. The summed E-state index contributed by atoms with van der Waals surface area (Å²) in [4.78, 5) is 125. The molecule has 1 saturated carbocycles. The molecule has 6 aromatic rings. The van der Waals surface area contributed by atoms with Crippen LogP contribution in [0.1, 0.15) is 86.3 Å². The second-order valence-electron chi connectivity index (χ2n) is 28.2. The van der Waals surface area contributed by atoms with E-state index in [1.165, 1.54) is 45.5 Å². The van der Waals surface area contributed by atoms with E-state index in [1.54, 1.807) is 0 Å². The molecule has 115 heavy (non-hydrogen) atoms. The number of para-hydroxylation sites is 1. The zero-order valence-electron chi connectivity index (χ0n) is 66.8. The number of hydrogen-bond acceptors (Lipinski definition) is 22. The summed E-state index contributed by atoms with van der Waals surface area (Å²) in [5.74, 6) is -5.93. The maximum absolute atomic E-state index is 13.3. The van der Waals surface area contributed by atoms with Gasteiger partial charge in [-0.05, 0) is 161 Å². The number of esters is 8. The highest BCUT2D eigenvalue weighted by Gasteiger charge is 2.48. The molecule has 1 aliphatic rings. The lowest BCUT2D eigenvalue weighted by Gasteiger charge is -2.50. The van der Waals surface area contributed by atoms with Crippen LogP contribution in [-0.4, -0.2) is 138 Å². The van der Waals surface area contributed by atoms with E-state index < -0.39 is 122 Å². The third-order valence-electron chi connectivity index (χ3n) is 18.8. The molecule has 2 unspecified atom stereocenters. The Balaban J connectivity index is 0.000000338. The van der Waals surface area contributed by atoms with Gasteiger partial charge in [0.25, 0.3) is 0 Å². The van der Waals surface area contributed by atoms with Gasteiger partial charge >= 0.3 is 59.9 Å². The quantitative estimate of drug-likeness (QED) is 0.0156. The molecule has 24 nitrogen and oxygen atoms in total. The summed E-state index contributed by atoms with van der Waals surface area (Å²) in [6, 6.07) is 50.8. The smallest absolute Gasteiger partial charge is 0.408 e. The molecule has 24 heteroatoms. The van der Waals surface area contributed by atoms with E-state index in [4.69, 9.17) is 47.4 Å². The predicted octanol–water partition coefficient (Wildman–Crippen LogP) is 16.0. The van der Waals surface area contributed by atoms with Crippen molar-refractivity contribution in [3.63, 3.8) is 0 Å². The maximum atomic E-state index is 13.3. The largest absolute Gasteiger partial charge is 0.463 e. The summed E-state index contributed by atoms with van der Waals surface area (Å²) in [5, 5.41) is 5.49. The Bertz CT molecular complexity index is 4130. The molecular formula is C91H106N4O20. The molecule has 1 fully saturated rings. The topological polar surface area (TPSA) is 294 Å². The number of rotatable bonds is 40. The van der Waals surface area contributed by atoms with Crippen molar-refractivity contribution >= 4 is 94.1 Å². The van der Waals surface area contributed by atoms with Gasteiger partial charge in [-0.3, -0.25) is 0 Å². The molecule has 0 radical (unpaired) electrons. The monoisotopic (exact) mass is 1570 g/mol. The molecular weight excluding hydrogens is 1470 g/mol. The van der Waals surface area contributed by atoms with Crippen molar-refractivity contribution in [2.45, 2.75) is 105 Å². The van der Waals surface area contributed by atoms with Gasteiger partial charge in [-0.15, -0.1) is 0 Å². The van der Waals surface area contributed by atoms with E-state index in [0.29, 0.717) is 32.5 Å². The van der Waals surface area contributed by atoms with Crippen molar-refractivity contribution in [1.82, 2.24) is 10.6 Å². The third kappa shape index (κ3) is 31.0. The highest BCUT2D eigenvalue weighted by molar-refractivity contribution is 5.85. The minimum Gasteiger partial charge on any atom is -0.463 e. The van der Waals surface area contributed by atoms with E-state index in [2.05, 4.69) is 246 Å². The number of carbonyl (C=O) groups is 10. The van der Waals surface area contributed by atoms with Gasteiger partial charge in [0, 0.05) is 95.3 Å². The van der Waals surface area contributed by atoms with Crippen LogP contribution in [-0.2, 0) is 98.6 Å². The first kappa shape index (κ1) is 92.7. The molecule has 0 spiro atoms. The Morgan fingerprint density at radius 1 is 0.409 bits per heavy atom. The first-order chi connectivity index (χ1) is 54.9. The Morgan fingerprint density at radius 3 is 1.11 bits per heavy atom. The van der Waals surface area contributed by atoms with Crippen LogP contribution in [0, 0.1) is 43.9 Å². The summed E-state index contributed by atoms with van der Waals surface area (Å²) in [6.45, 7) is 37.7. The van der Waals surface area contributed by atoms with Crippen LogP contribution in [0.2, 0.25) is 0 Å². The summed E-state index contributed by atoms with van der Waals surface area (Å²) in [5.41, 5.74) is 9.46. The van der Waals surface area contributed by atoms with Crippen LogP contribution >= 0.6 is 0 Å². The molecule has 0 aromatic heterocycles. The van der Waals surface area contributed by atoms with Gasteiger partial charge in [-0.2, -0.15) is 0 Å². The minimum atomic E-state index is -1.98. The van der Waals surface area contributed by atoms with Crippen LogP contribution in [0.5, 0.6) is 0 Å². The number of amides is 2. The second-order valence-corrected chi connectivity index (χ2v) is 28.2. The lowest BCUT2D eigenvalue weighted by atomic mass is 9.57. The molecule has 7 rings (SSSR count). The second kappa shape index (κ2) is 46.8. The normalized spacial score (nSPS) is 13.7. The van der Waals surface area contributed by atoms with Crippen molar-refractivity contribution in [2.75, 3.05) is 75.8 Å². The molecule has 1 aliphatic carbocycles. The Morgan fingerprint density at radius 2 is 0.739 bits per heavy atom. The summed E-state index contributed by atoms with van der Waals surface area (Å²) in [6.07, 6.45) is 10.3. The molecule has 610 valence electrons. The van der Waals surface area contributed by atoms with Crippen LogP contribution in [0.4, 0.5) is 43.7 Å². The fourth-order valence-corrected chi connectivity index (χ4v) is 11.7. The van der Waals surface area contributed by atoms with E-state index in [1.807, 2.05) is 20.8 Å². The third-order valence-corrected chi connectivity index (χ3v) is 18.8. The highest BCUT2D eigenvalue weighted by Crippen LogP contribution is 2.50. The van der Waals surface area contributed by atoms with Crippen LogP contribution < -0.4 is 20.4 Å². The van der Waals surface area contributed by atoms with Gasteiger partial charge in [0.05, 0.1) is 13.2 Å². The number of hydrogen-bond donors (Lipinski definition) is 2. The van der Waals surface area contributed by atoms with Gasteiger partial charge in [-0.25, -0.2) is 47.9 Å². The molecule has 0 bridgehead atoms. The number of alkyl carbamates (subject to hydrolysis) is 2. The molecule has 2 N–H and O–H groups in total. The van der Waals surface area contributed by atoms with Crippen molar-refractivity contribution < 1.29 is 95.3 Å². The first-order valence-corrected chi connectivity index (χ1v) is 37.2. The van der Waals surface area contributed by atoms with Crippen LogP contribution in [0.3, 0.4) is 0 Å². The van der Waals surface area contributed by atoms with E-state index in [0.717, 1.165) is 96.3 Å². The molecule has 0 saturated heterocycles. The summed E-state index contributed by atoms with van der Waals surface area (Å²) < 4.78 is 52.0. The van der Waals surface area contributed by atoms with Gasteiger partial charge in [0.2, 0.25) is 5.60 Å². The standard InChI is InChI=1S/C39H52N2O16.2C26H27NO2/c1-10-28(42)50-20-38(21-51-29(43)11-2,22-52-30(44)12-3)23-56-35(49)41-27-16-17-37(9,36(7,8)18-27)19-40-34(48)57-39(24-53-31(45)13-4,25-54-32(46)14-5)26-55-33(47)15-6;1-4-26(28)29-19-5-6-22-11-17-25(18-12-22)27(23-13-7-20(2)8-14-23)24-15-9-21(3)10-16-24;1-4-26(28)29-19-7-9-22-8-5-6-10-25(22)27(23-15-11-20(2)12-16-23)24-17-13-21(3)14-18-24/h10-15,27H,1-6,16-26H2,7-9H3,(H,40,48)(H,41,49);4,7-18H,1,5-6,19H2,2-3H3;4-6,8,10-18H,1,7,9,19H2,2-3H3. The summed E-state index contributed by atoms with van der Waals surface area (Å²) >= 11 is 0. The summed E-state index contributed by atoms with van der Waals surface area (Å²) in [7, 11) is 0. The Kier molecular flexibility index (Phi) is 37.8. The Hall–Kier alpha value is -12.9. The fraction of sp³-hybridized carbons (Fsp3) is 0.319. The van der Waals surface area contributed by atoms with E-state index in [9.17, 15) is 47.9 Å². The van der Waals surface area contributed by atoms with Gasteiger partial charge in [0.15, 0.2) is 0 Å². The van der Waals surface area contributed by atoms with Crippen molar-refractivity contribution in [3.8, 4) is 0 Å². The lowest BCUT2D eigenvalue weighted by Crippen LogP contribution is -2.55. The van der Waals surface area contributed by atoms with Crippen molar-refractivity contribution in [2.24, 2.45) is 16.2 Å². The fourth-order valence-electron chi connectivity index (χ4n) is 11.7. The highest BCUT2D eigenvalue weighted by atomic mass is 16.6. The average Bonchev–Trinajstić information content (AvgIpc) is 0.763. The van der Waals surface area contributed by atoms with Crippen LogP contribution in [0.25, 0.3) is 0 Å². The number of benzene rings is 6. The number of carbonyl (C=O) groups excluding carboxylic acids is 10. The van der Waals surface area contributed by atoms with Crippen molar-refractivity contribution in [1.29, 1.82) is 0 Å². The lowest BCUT2D eigenvalue weighted by molar-refractivity contribution is -0.170. The first-order valence-electron chi connectivity index (χ1n) is 37.2. The molecule has 6 aromatic carbocycles. The van der Waals surface area contributed by atoms with Gasteiger partial charge in [0.1, 0.15) is 51.7 Å².